The summed E-state index contributed by atoms with van der Waals surface area (Å²) < 4.78 is 5.87. The van der Waals surface area contributed by atoms with Gasteiger partial charge >= 0.3 is 6.16 Å². The molecule has 2 aromatic carbocycles. The molecule has 0 fully saturated rings. The van der Waals surface area contributed by atoms with Crippen LogP contribution in [0, 0.1) is 10.1 Å². The Kier molecular flexibility index (Phi) is 5.68. The second kappa shape index (κ2) is 8.34. The molecule has 0 spiro atoms. The van der Waals surface area contributed by atoms with Crippen molar-refractivity contribution < 1.29 is 29.5 Å². The number of ether oxygens (including phenoxy) is 1. The van der Waals surface area contributed by atoms with E-state index >= 15 is 0 Å². The van der Waals surface area contributed by atoms with Crippen LogP contribution < -0.4 is 4.84 Å². The number of carbonyl (C=O) groups excluding carboxylic acids is 1. The predicted octanol–water partition coefficient (Wildman–Crippen LogP) is 3.59. The van der Waals surface area contributed by atoms with Crippen LogP contribution in [0.3, 0.4) is 0 Å². The number of hydrogen-bond acceptors (Lipinski definition) is 7. The number of rotatable bonds is 6. The van der Waals surface area contributed by atoms with E-state index in [9.17, 15) is 25.1 Å². The number of nitrogens with zero attached hydrogens (tertiary/aromatic N) is 2. The van der Waals surface area contributed by atoms with Crippen LogP contribution in [0.5, 0.6) is 11.8 Å². The molecule has 1 aromatic heterocycles. The Morgan fingerprint density at radius 1 is 0.966 bits per heavy atom. The van der Waals surface area contributed by atoms with Gasteiger partial charge < -0.3 is 14.9 Å². The van der Waals surface area contributed by atoms with Gasteiger partial charge in [0.2, 0.25) is 11.8 Å². The molecule has 1 heterocycles. The maximum absolute atomic E-state index is 12.2. The first kappa shape index (κ1) is 19.7. The van der Waals surface area contributed by atoms with Gasteiger partial charge in [0.15, 0.2) is 0 Å². The molecule has 2 N–H and O–H groups in total. The van der Waals surface area contributed by atoms with Crippen LogP contribution in [0.2, 0.25) is 0 Å². The quantitative estimate of drug-likeness (QED) is 0.369. The maximum atomic E-state index is 12.2. The first-order valence-corrected chi connectivity index (χ1v) is 8.64. The van der Waals surface area contributed by atoms with E-state index in [2.05, 4.69) is 0 Å². The number of hydrogen-bond donors (Lipinski definition) is 2. The molecule has 3 rings (SSSR count). The molecule has 0 bridgehead atoms. The van der Waals surface area contributed by atoms with Crippen molar-refractivity contribution in [3.63, 3.8) is 0 Å². The third-order valence-electron chi connectivity index (χ3n) is 4.34. The fraction of sp³-hybridized carbons (Fsp3) is 0.150. The van der Waals surface area contributed by atoms with Gasteiger partial charge in [-0.15, -0.1) is 4.73 Å². The van der Waals surface area contributed by atoms with Crippen molar-refractivity contribution >= 4 is 11.8 Å². The van der Waals surface area contributed by atoms with Gasteiger partial charge in [0, 0.05) is 30.2 Å². The van der Waals surface area contributed by atoms with Crippen molar-refractivity contribution in [2.24, 2.45) is 0 Å². The van der Waals surface area contributed by atoms with Crippen molar-refractivity contribution in [3.8, 4) is 11.8 Å². The molecule has 0 amide bonds. The number of nitro groups is 1. The Morgan fingerprint density at radius 2 is 1.52 bits per heavy atom. The van der Waals surface area contributed by atoms with Crippen molar-refractivity contribution in [1.29, 1.82) is 0 Å². The van der Waals surface area contributed by atoms with Crippen molar-refractivity contribution in [2.45, 2.75) is 18.9 Å². The predicted molar refractivity (Wildman–Crippen MR) is 102 cm³/mol. The first-order valence-electron chi connectivity index (χ1n) is 8.64. The second-order valence-electron chi connectivity index (χ2n) is 6.25. The molecule has 2 atom stereocenters. The van der Waals surface area contributed by atoms with Gasteiger partial charge in [-0.1, -0.05) is 42.5 Å². The number of non-ortho nitro benzene ring substituents is 1. The highest BCUT2D eigenvalue weighted by atomic mass is 16.8. The van der Waals surface area contributed by atoms with E-state index in [1.165, 1.54) is 12.1 Å². The molecule has 0 radical (unpaired) electrons. The Labute approximate surface area is 165 Å². The standard InChI is InChI=1S/C20H18N2O7/c1-13(28-20(25)29-21-17(23)11-12-18(21)24)19(14-5-3-2-4-6-14)15-7-9-16(10-8-15)22(26)27/h2-13,19,23-24H,1H3. The number of carbonyl (C=O) groups is 1. The number of nitro benzene ring substituents is 1. The van der Waals surface area contributed by atoms with E-state index < -0.39 is 34.9 Å². The van der Waals surface area contributed by atoms with Crippen molar-refractivity contribution in [3.05, 3.63) is 88.0 Å². The minimum absolute atomic E-state index is 0.0490. The van der Waals surface area contributed by atoms with Gasteiger partial charge in [-0.3, -0.25) is 15.0 Å². The molecular weight excluding hydrogens is 380 g/mol. The fourth-order valence-electron chi connectivity index (χ4n) is 3.01. The number of aromatic nitrogens is 1. The fourth-order valence-corrected chi connectivity index (χ4v) is 3.01. The number of aromatic hydroxyl groups is 2. The second-order valence-corrected chi connectivity index (χ2v) is 6.25. The molecule has 0 aliphatic rings. The summed E-state index contributed by atoms with van der Waals surface area (Å²) in [5.74, 6) is -1.37. The van der Waals surface area contributed by atoms with E-state index in [-0.39, 0.29) is 5.69 Å². The largest absolute Gasteiger partial charge is 0.534 e. The minimum atomic E-state index is -1.14. The molecule has 3 aromatic rings. The van der Waals surface area contributed by atoms with Gasteiger partial charge in [-0.25, -0.2) is 4.79 Å². The summed E-state index contributed by atoms with van der Waals surface area (Å²) in [4.78, 5) is 27.4. The lowest BCUT2D eigenvalue weighted by Gasteiger charge is -2.24. The monoisotopic (exact) mass is 398 g/mol. The normalized spacial score (nSPS) is 12.7. The summed E-state index contributed by atoms with van der Waals surface area (Å²) >= 11 is 0. The summed E-state index contributed by atoms with van der Waals surface area (Å²) in [5, 5.41) is 30.0. The highest BCUT2D eigenvalue weighted by Gasteiger charge is 2.27. The van der Waals surface area contributed by atoms with Crippen LogP contribution in [0.15, 0.2) is 66.7 Å². The van der Waals surface area contributed by atoms with E-state index in [0.29, 0.717) is 10.3 Å². The molecule has 29 heavy (non-hydrogen) atoms. The molecule has 0 aliphatic heterocycles. The Balaban J connectivity index is 1.84. The van der Waals surface area contributed by atoms with Crippen LogP contribution in [-0.4, -0.2) is 32.1 Å². The molecule has 0 saturated heterocycles. The minimum Gasteiger partial charge on any atom is -0.492 e. The van der Waals surface area contributed by atoms with Crippen molar-refractivity contribution in [2.75, 3.05) is 0 Å². The molecule has 9 nitrogen and oxygen atoms in total. The SMILES string of the molecule is CC(OC(=O)On1c(O)ccc1O)C(c1ccccc1)c1ccc([N+](=O)[O-])cc1. The molecule has 0 saturated carbocycles. The Morgan fingerprint density at radius 3 is 2.07 bits per heavy atom. The van der Waals surface area contributed by atoms with Gasteiger partial charge in [-0.2, -0.15) is 0 Å². The van der Waals surface area contributed by atoms with Crippen LogP contribution in [0.4, 0.5) is 10.5 Å². The maximum Gasteiger partial charge on any atom is 0.534 e. The van der Waals surface area contributed by atoms with Gasteiger partial charge in [0.25, 0.3) is 5.69 Å². The van der Waals surface area contributed by atoms with E-state index in [1.807, 2.05) is 30.3 Å². The van der Waals surface area contributed by atoms with Crippen LogP contribution in [0.1, 0.15) is 24.0 Å². The lowest BCUT2D eigenvalue weighted by atomic mass is 9.87. The third-order valence-corrected chi connectivity index (χ3v) is 4.34. The molecular formula is C20H18N2O7. The van der Waals surface area contributed by atoms with Crippen LogP contribution >= 0.6 is 0 Å². The lowest BCUT2D eigenvalue weighted by molar-refractivity contribution is -0.384. The topological polar surface area (TPSA) is 124 Å². The Bertz CT molecular complexity index is 980. The smallest absolute Gasteiger partial charge is 0.492 e. The van der Waals surface area contributed by atoms with Gasteiger partial charge in [0.05, 0.1) is 4.92 Å². The third kappa shape index (κ3) is 4.46. The highest BCUT2D eigenvalue weighted by Crippen LogP contribution is 2.31. The van der Waals surface area contributed by atoms with Crippen molar-refractivity contribution in [1.82, 2.24) is 4.73 Å². The number of benzene rings is 2. The highest BCUT2D eigenvalue weighted by molar-refractivity contribution is 5.61. The van der Waals surface area contributed by atoms with E-state index in [1.54, 1.807) is 19.1 Å². The summed E-state index contributed by atoms with van der Waals surface area (Å²) in [6.45, 7) is 1.65. The molecule has 2 unspecified atom stereocenters. The van der Waals surface area contributed by atoms with E-state index in [0.717, 1.165) is 17.7 Å². The molecule has 0 aliphatic carbocycles. The zero-order valence-corrected chi connectivity index (χ0v) is 15.3. The molecule has 9 heteroatoms. The lowest BCUT2D eigenvalue weighted by Crippen LogP contribution is -2.28. The average molecular weight is 398 g/mol. The Hall–Kier alpha value is -4.01. The van der Waals surface area contributed by atoms with E-state index in [4.69, 9.17) is 9.57 Å². The van der Waals surface area contributed by atoms with Gasteiger partial charge in [0.1, 0.15) is 6.10 Å². The molecule has 150 valence electrons. The zero-order valence-electron chi connectivity index (χ0n) is 15.3. The summed E-state index contributed by atoms with van der Waals surface area (Å²) in [5.41, 5.74) is 1.48. The average Bonchev–Trinajstić information content (AvgIpc) is 3.01. The van der Waals surface area contributed by atoms with Crippen LogP contribution in [0.25, 0.3) is 0 Å². The van der Waals surface area contributed by atoms with Gasteiger partial charge in [-0.05, 0) is 18.1 Å². The summed E-state index contributed by atoms with van der Waals surface area (Å²) in [6, 6.07) is 17.5. The summed E-state index contributed by atoms with van der Waals surface area (Å²) in [7, 11) is 0. The van der Waals surface area contributed by atoms with Crippen LogP contribution in [-0.2, 0) is 4.74 Å². The summed E-state index contributed by atoms with van der Waals surface area (Å²) in [6.07, 6.45) is -1.87. The zero-order chi connectivity index (χ0) is 21.0. The first-order chi connectivity index (χ1) is 13.9.